The van der Waals surface area contributed by atoms with Crippen molar-refractivity contribution in [2.24, 2.45) is 0 Å². The second kappa shape index (κ2) is 5.23. The SMILES string of the molecule is C[C@]1(O)C(n2cc3c4c(nc(N)nc42)NC(=O)C=C3)O[C@H](CO)[C@H]1O. The molecule has 0 saturated carbocycles. The highest BCUT2D eigenvalue weighted by molar-refractivity contribution is 6.11. The maximum Gasteiger partial charge on any atom is 0.249 e. The Balaban J connectivity index is 1.94. The minimum atomic E-state index is -1.67. The summed E-state index contributed by atoms with van der Waals surface area (Å²) in [5.74, 6) is -0.155. The van der Waals surface area contributed by atoms with Gasteiger partial charge in [-0.3, -0.25) is 4.79 Å². The van der Waals surface area contributed by atoms with Crippen LogP contribution in [-0.2, 0) is 9.53 Å². The largest absolute Gasteiger partial charge is 0.394 e. The highest BCUT2D eigenvalue weighted by Crippen LogP contribution is 2.41. The first kappa shape index (κ1) is 16.0. The van der Waals surface area contributed by atoms with Crippen molar-refractivity contribution < 1.29 is 24.9 Å². The lowest BCUT2D eigenvalue weighted by Gasteiger charge is -2.27. The molecule has 2 aromatic heterocycles. The number of amides is 1. The zero-order valence-electron chi connectivity index (χ0n) is 13.2. The van der Waals surface area contributed by atoms with Crippen LogP contribution < -0.4 is 11.1 Å². The van der Waals surface area contributed by atoms with Gasteiger partial charge in [0.25, 0.3) is 0 Å². The third-order valence-electron chi connectivity index (χ3n) is 4.56. The molecule has 4 rings (SSSR count). The Bertz CT molecular complexity index is 905. The van der Waals surface area contributed by atoms with Gasteiger partial charge >= 0.3 is 0 Å². The van der Waals surface area contributed by atoms with Gasteiger partial charge < -0.3 is 35.7 Å². The van der Waals surface area contributed by atoms with E-state index in [1.165, 1.54) is 17.6 Å². The molecule has 0 aromatic carbocycles. The molecule has 10 nitrogen and oxygen atoms in total. The van der Waals surface area contributed by atoms with E-state index < -0.39 is 30.6 Å². The summed E-state index contributed by atoms with van der Waals surface area (Å²) in [5, 5.41) is 33.4. The van der Waals surface area contributed by atoms with Crippen LogP contribution in [0.3, 0.4) is 0 Å². The van der Waals surface area contributed by atoms with Gasteiger partial charge in [0.2, 0.25) is 11.9 Å². The van der Waals surface area contributed by atoms with E-state index in [0.717, 1.165) is 0 Å². The van der Waals surface area contributed by atoms with Crippen LogP contribution in [0.4, 0.5) is 11.8 Å². The van der Waals surface area contributed by atoms with Crippen molar-refractivity contribution in [3.05, 3.63) is 17.8 Å². The molecule has 4 atom stereocenters. The third-order valence-corrected chi connectivity index (χ3v) is 4.56. The van der Waals surface area contributed by atoms with Crippen molar-refractivity contribution in [1.29, 1.82) is 0 Å². The number of hydrogen-bond donors (Lipinski definition) is 5. The molecular formula is C15H17N5O5. The Morgan fingerprint density at radius 3 is 2.88 bits per heavy atom. The molecule has 2 aromatic rings. The molecule has 132 valence electrons. The first-order valence-electron chi connectivity index (χ1n) is 7.66. The average molecular weight is 347 g/mol. The van der Waals surface area contributed by atoms with Gasteiger partial charge in [0.1, 0.15) is 23.6 Å². The highest BCUT2D eigenvalue weighted by Gasteiger charge is 2.53. The lowest BCUT2D eigenvalue weighted by atomic mass is 9.96. The van der Waals surface area contributed by atoms with Crippen LogP contribution in [-0.4, -0.2) is 60.2 Å². The van der Waals surface area contributed by atoms with E-state index in [1.807, 2.05) is 0 Å². The van der Waals surface area contributed by atoms with E-state index in [2.05, 4.69) is 15.3 Å². The number of carbonyl (C=O) groups is 1. The molecule has 0 aliphatic carbocycles. The predicted molar refractivity (Wildman–Crippen MR) is 87.2 cm³/mol. The van der Waals surface area contributed by atoms with E-state index in [9.17, 15) is 20.1 Å². The fraction of sp³-hybridized carbons (Fsp3) is 0.400. The number of hydrogen-bond acceptors (Lipinski definition) is 8. The number of carbonyl (C=O) groups excluding carboxylic acids is 1. The molecule has 1 fully saturated rings. The molecule has 2 aliphatic heterocycles. The fourth-order valence-corrected chi connectivity index (χ4v) is 3.30. The van der Waals surface area contributed by atoms with Crippen LogP contribution in [0.25, 0.3) is 17.1 Å². The van der Waals surface area contributed by atoms with Gasteiger partial charge in [0.15, 0.2) is 11.9 Å². The number of rotatable bonds is 2. The van der Waals surface area contributed by atoms with Gasteiger partial charge in [0.05, 0.1) is 12.0 Å². The normalized spacial score (nSPS) is 31.4. The van der Waals surface area contributed by atoms with Gasteiger partial charge in [-0.05, 0) is 13.0 Å². The number of aliphatic hydroxyl groups is 3. The number of anilines is 2. The Morgan fingerprint density at radius 2 is 2.20 bits per heavy atom. The van der Waals surface area contributed by atoms with E-state index in [1.54, 1.807) is 12.3 Å². The quantitative estimate of drug-likeness (QED) is 0.462. The van der Waals surface area contributed by atoms with Crippen molar-refractivity contribution in [3.63, 3.8) is 0 Å². The maximum absolute atomic E-state index is 11.7. The summed E-state index contributed by atoms with van der Waals surface area (Å²) >= 11 is 0. The zero-order chi connectivity index (χ0) is 17.9. The monoisotopic (exact) mass is 347 g/mol. The first-order chi connectivity index (χ1) is 11.8. The van der Waals surface area contributed by atoms with Crippen LogP contribution in [0.5, 0.6) is 0 Å². The van der Waals surface area contributed by atoms with Crippen molar-refractivity contribution in [1.82, 2.24) is 14.5 Å². The molecular weight excluding hydrogens is 330 g/mol. The molecule has 6 N–H and O–H groups in total. The standard InChI is InChI=1S/C15H17N5O5/c1-15(24)10(23)7(5-21)25-13(15)20-4-6-2-3-8(22)17-11-9(6)12(20)19-14(16)18-11/h2-4,7,10,13,21,23-24H,5H2,1H3,(H3,16,17,18,19,22)/t7-,10-,13?,15-/m1/s1. The summed E-state index contributed by atoms with van der Waals surface area (Å²) in [6.07, 6.45) is 1.32. The van der Waals surface area contributed by atoms with Crippen molar-refractivity contribution in [2.45, 2.75) is 31.0 Å². The summed E-state index contributed by atoms with van der Waals surface area (Å²) in [7, 11) is 0. The second-order valence-corrected chi connectivity index (χ2v) is 6.32. The van der Waals surface area contributed by atoms with Crippen LogP contribution in [0.15, 0.2) is 12.3 Å². The maximum atomic E-state index is 11.7. The van der Waals surface area contributed by atoms with Crippen LogP contribution in [0.2, 0.25) is 0 Å². The Hall–Kier alpha value is -2.53. The molecule has 1 saturated heterocycles. The number of nitrogens with one attached hydrogen (secondary N) is 1. The van der Waals surface area contributed by atoms with E-state index >= 15 is 0 Å². The van der Waals surface area contributed by atoms with E-state index in [0.29, 0.717) is 16.6 Å². The van der Waals surface area contributed by atoms with Crippen LogP contribution >= 0.6 is 0 Å². The number of aromatic nitrogens is 3. The highest BCUT2D eigenvalue weighted by atomic mass is 16.6. The lowest BCUT2D eigenvalue weighted by molar-refractivity contribution is -0.111. The van der Waals surface area contributed by atoms with Crippen molar-refractivity contribution in [2.75, 3.05) is 17.7 Å². The Morgan fingerprint density at radius 1 is 1.44 bits per heavy atom. The summed E-state index contributed by atoms with van der Waals surface area (Å²) in [4.78, 5) is 20.0. The molecule has 1 unspecified atom stereocenters. The molecule has 1 amide bonds. The molecule has 0 radical (unpaired) electrons. The van der Waals surface area contributed by atoms with E-state index in [4.69, 9.17) is 10.5 Å². The van der Waals surface area contributed by atoms with Gasteiger partial charge in [-0.1, -0.05) is 0 Å². The zero-order valence-corrected chi connectivity index (χ0v) is 13.2. The fourth-order valence-electron chi connectivity index (χ4n) is 3.30. The van der Waals surface area contributed by atoms with Crippen LogP contribution in [0.1, 0.15) is 18.7 Å². The van der Waals surface area contributed by atoms with Gasteiger partial charge in [-0.2, -0.15) is 9.97 Å². The van der Waals surface area contributed by atoms with Gasteiger partial charge in [-0.25, -0.2) is 0 Å². The third kappa shape index (κ3) is 2.23. The molecule has 10 heteroatoms. The van der Waals surface area contributed by atoms with E-state index in [-0.39, 0.29) is 17.7 Å². The minimum Gasteiger partial charge on any atom is -0.394 e. The molecule has 2 aliphatic rings. The summed E-state index contributed by atoms with van der Waals surface area (Å²) in [5.41, 5.74) is 5.04. The van der Waals surface area contributed by atoms with Crippen molar-refractivity contribution >= 4 is 34.8 Å². The number of nitrogens with two attached hydrogens (primary N) is 1. The average Bonchev–Trinajstić information content (AvgIpc) is 2.94. The first-order valence-corrected chi connectivity index (χ1v) is 7.66. The summed E-state index contributed by atoms with van der Waals surface area (Å²) in [6.45, 7) is 0.969. The van der Waals surface area contributed by atoms with Crippen molar-refractivity contribution in [3.8, 4) is 0 Å². The molecule has 0 spiro atoms. The molecule has 4 heterocycles. The summed E-state index contributed by atoms with van der Waals surface area (Å²) < 4.78 is 7.16. The Kier molecular flexibility index (Phi) is 3.34. The summed E-state index contributed by atoms with van der Waals surface area (Å²) in [6, 6.07) is 0. The lowest BCUT2D eigenvalue weighted by Crippen LogP contribution is -2.44. The van der Waals surface area contributed by atoms with Gasteiger partial charge in [0, 0.05) is 17.8 Å². The Labute approximate surface area is 141 Å². The van der Waals surface area contributed by atoms with Gasteiger partial charge in [-0.15, -0.1) is 0 Å². The molecule has 25 heavy (non-hydrogen) atoms. The minimum absolute atomic E-state index is 0.0625. The molecule has 0 bridgehead atoms. The smallest absolute Gasteiger partial charge is 0.249 e. The number of nitrogens with zero attached hydrogens (tertiary/aromatic N) is 3. The number of nitrogen functional groups attached to an aromatic ring is 1. The number of ether oxygens (including phenoxy) is 1. The second-order valence-electron chi connectivity index (χ2n) is 6.32. The van der Waals surface area contributed by atoms with Crippen LogP contribution in [0, 0.1) is 0 Å². The topological polar surface area (TPSA) is 156 Å². The number of aliphatic hydroxyl groups excluding tert-OH is 2. The predicted octanol–water partition coefficient (Wildman–Crippen LogP) is -1.02.